The highest BCUT2D eigenvalue weighted by molar-refractivity contribution is 7.89. The van der Waals surface area contributed by atoms with E-state index in [0.717, 1.165) is 5.56 Å². The predicted molar refractivity (Wildman–Crippen MR) is 102 cm³/mol. The van der Waals surface area contributed by atoms with Crippen LogP contribution >= 0.6 is 0 Å². The van der Waals surface area contributed by atoms with Gasteiger partial charge in [0.1, 0.15) is 10.6 Å². The van der Waals surface area contributed by atoms with Gasteiger partial charge in [0.05, 0.1) is 13.0 Å². The molecule has 1 heterocycles. The number of hydrogen-bond acceptors (Lipinski definition) is 4. The molecule has 0 bridgehead atoms. The first-order chi connectivity index (χ1) is 12.0. The molecule has 1 atom stereocenters. The van der Waals surface area contributed by atoms with Gasteiger partial charge in [0.25, 0.3) is 0 Å². The number of benzene rings is 1. The summed E-state index contributed by atoms with van der Waals surface area (Å²) in [6.07, 6.45) is 1.37. The second-order valence-electron chi connectivity index (χ2n) is 8.13. The number of sulfonamides is 1. The molecule has 1 fully saturated rings. The minimum Gasteiger partial charge on any atom is -0.495 e. The smallest absolute Gasteiger partial charge is 0.246 e. The van der Waals surface area contributed by atoms with Gasteiger partial charge in [-0.05, 0) is 42.9 Å². The van der Waals surface area contributed by atoms with Crippen molar-refractivity contribution in [1.82, 2.24) is 9.62 Å². The standard InChI is InChI=1S/C19H30N2O4S/c1-14-8-9-16(25-5)17(11-14)26(23,24)21-10-6-7-15(12-21)18(22)20-13-19(2,3)4/h8-9,11,15H,6-7,10,12-13H2,1-5H3,(H,20,22). The largest absolute Gasteiger partial charge is 0.495 e. The van der Waals surface area contributed by atoms with E-state index in [0.29, 0.717) is 31.7 Å². The van der Waals surface area contributed by atoms with E-state index in [1.54, 1.807) is 12.1 Å². The Morgan fingerprint density at radius 1 is 1.35 bits per heavy atom. The summed E-state index contributed by atoms with van der Waals surface area (Å²) in [7, 11) is -2.25. The Hall–Kier alpha value is -1.60. The van der Waals surface area contributed by atoms with E-state index < -0.39 is 10.0 Å². The number of nitrogens with zero attached hydrogens (tertiary/aromatic N) is 1. The summed E-state index contributed by atoms with van der Waals surface area (Å²) >= 11 is 0. The average Bonchev–Trinajstić information content (AvgIpc) is 2.59. The lowest BCUT2D eigenvalue weighted by Gasteiger charge is -2.32. The summed E-state index contributed by atoms with van der Waals surface area (Å²) < 4.78 is 32.9. The van der Waals surface area contributed by atoms with Crippen molar-refractivity contribution in [2.75, 3.05) is 26.7 Å². The lowest BCUT2D eigenvalue weighted by Crippen LogP contribution is -2.46. The minimum atomic E-state index is -3.71. The number of methoxy groups -OCH3 is 1. The average molecular weight is 383 g/mol. The lowest BCUT2D eigenvalue weighted by atomic mass is 9.95. The fourth-order valence-electron chi connectivity index (χ4n) is 3.00. The maximum atomic E-state index is 13.1. The van der Waals surface area contributed by atoms with Crippen molar-refractivity contribution in [1.29, 1.82) is 0 Å². The molecule has 0 aromatic heterocycles. The molecule has 1 aromatic rings. The van der Waals surface area contributed by atoms with Crippen molar-refractivity contribution in [3.05, 3.63) is 23.8 Å². The molecule has 1 N–H and O–H groups in total. The molecule has 6 nitrogen and oxygen atoms in total. The molecule has 1 amide bonds. The number of aryl methyl sites for hydroxylation is 1. The fraction of sp³-hybridized carbons (Fsp3) is 0.632. The highest BCUT2D eigenvalue weighted by Crippen LogP contribution is 2.30. The van der Waals surface area contributed by atoms with Gasteiger partial charge in [-0.25, -0.2) is 8.42 Å². The summed E-state index contributed by atoms with van der Waals surface area (Å²) in [6.45, 7) is 9.19. The zero-order chi connectivity index (χ0) is 19.5. The molecule has 1 aliphatic heterocycles. The molecular formula is C19H30N2O4S. The van der Waals surface area contributed by atoms with E-state index in [4.69, 9.17) is 4.74 Å². The number of nitrogens with one attached hydrogen (secondary N) is 1. The maximum absolute atomic E-state index is 13.1. The van der Waals surface area contributed by atoms with Crippen molar-refractivity contribution in [2.24, 2.45) is 11.3 Å². The highest BCUT2D eigenvalue weighted by Gasteiger charge is 2.35. The SMILES string of the molecule is COc1ccc(C)cc1S(=O)(=O)N1CCCC(C(=O)NCC(C)(C)C)C1. The number of carbonyl (C=O) groups is 1. The van der Waals surface area contributed by atoms with Gasteiger partial charge in [0, 0.05) is 19.6 Å². The van der Waals surface area contributed by atoms with Gasteiger partial charge in [-0.15, -0.1) is 0 Å². The summed E-state index contributed by atoms with van der Waals surface area (Å²) in [4.78, 5) is 12.6. The van der Waals surface area contributed by atoms with E-state index in [-0.39, 0.29) is 28.7 Å². The number of piperidine rings is 1. The van der Waals surface area contributed by atoms with Gasteiger partial charge in [0.2, 0.25) is 15.9 Å². The summed E-state index contributed by atoms with van der Waals surface area (Å²) in [5, 5.41) is 2.95. The maximum Gasteiger partial charge on any atom is 0.246 e. The van der Waals surface area contributed by atoms with E-state index in [1.807, 2.05) is 13.0 Å². The van der Waals surface area contributed by atoms with Gasteiger partial charge in [-0.1, -0.05) is 26.8 Å². The van der Waals surface area contributed by atoms with Gasteiger partial charge >= 0.3 is 0 Å². The molecule has 26 heavy (non-hydrogen) atoms. The van der Waals surface area contributed by atoms with Crippen LogP contribution in [0.25, 0.3) is 0 Å². The molecule has 0 spiro atoms. The molecule has 0 radical (unpaired) electrons. The Kier molecular flexibility index (Phi) is 6.34. The van der Waals surface area contributed by atoms with Gasteiger partial charge < -0.3 is 10.1 Å². The number of amides is 1. The molecule has 1 aliphatic rings. The molecule has 0 saturated carbocycles. The van der Waals surface area contributed by atoms with Crippen LogP contribution in [0, 0.1) is 18.3 Å². The van der Waals surface area contributed by atoms with Crippen LogP contribution in [0.4, 0.5) is 0 Å². The molecular weight excluding hydrogens is 352 g/mol. The van der Waals surface area contributed by atoms with Crippen molar-refractivity contribution >= 4 is 15.9 Å². The number of carbonyl (C=O) groups excluding carboxylic acids is 1. The van der Waals surface area contributed by atoms with Crippen molar-refractivity contribution < 1.29 is 17.9 Å². The summed E-state index contributed by atoms with van der Waals surface area (Å²) in [5.74, 6) is -0.0670. The normalized spacial score (nSPS) is 19.2. The third kappa shape index (κ3) is 4.98. The topological polar surface area (TPSA) is 75.7 Å². The first-order valence-corrected chi connectivity index (χ1v) is 10.4. The zero-order valence-corrected chi connectivity index (χ0v) is 17.1. The van der Waals surface area contributed by atoms with Crippen molar-refractivity contribution in [3.8, 4) is 5.75 Å². The summed E-state index contributed by atoms with van der Waals surface area (Å²) in [6, 6.07) is 5.11. The Morgan fingerprint density at radius 2 is 2.04 bits per heavy atom. The Balaban J connectivity index is 2.18. The second kappa shape index (κ2) is 7.96. The monoisotopic (exact) mass is 382 g/mol. The Labute approximate surface area is 157 Å². The van der Waals surface area contributed by atoms with Crippen LogP contribution in [-0.4, -0.2) is 45.4 Å². The highest BCUT2D eigenvalue weighted by atomic mass is 32.2. The molecule has 7 heteroatoms. The number of ether oxygens (including phenoxy) is 1. The lowest BCUT2D eigenvalue weighted by molar-refractivity contribution is -0.126. The molecule has 2 rings (SSSR count). The van der Waals surface area contributed by atoms with Crippen molar-refractivity contribution in [2.45, 2.75) is 45.4 Å². The van der Waals surface area contributed by atoms with Gasteiger partial charge in [0.15, 0.2) is 0 Å². The summed E-state index contributed by atoms with van der Waals surface area (Å²) in [5.41, 5.74) is 0.839. The van der Waals surface area contributed by atoms with Gasteiger partial charge in [-0.2, -0.15) is 4.31 Å². The van der Waals surface area contributed by atoms with Crippen molar-refractivity contribution in [3.63, 3.8) is 0 Å². The Bertz CT molecular complexity index is 753. The van der Waals surface area contributed by atoms with Crippen LogP contribution in [0.3, 0.4) is 0 Å². The van der Waals surface area contributed by atoms with E-state index in [9.17, 15) is 13.2 Å². The Morgan fingerprint density at radius 3 is 2.65 bits per heavy atom. The predicted octanol–water partition coefficient (Wildman–Crippen LogP) is 2.57. The third-order valence-electron chi connectivity index (χ3n) is 4.48. The van der Waals surface area contributed by atoms with Crippen LogP contribution in [0.1, 0.15) is 39.2 Å². The number of rotatable bonds is 5. The fourth-order valence-corrected chi connectivity index (χ4v) is 4.76. The molecule has 146 valence electrons. The number of hydrogen-bond donors (Lipinski definition) is 1. The van der Waals surface area contributed by atoms with Crippen LogP contribution < -0.4 is 10.1 Å². The minimum absolute atomic E-state index is 0.00891. The van der Waals surface area contributed by atoms with Crippen LogP contribution in [0.5, 0.6) is 5.75 Å². The van der Waals surface area contributed by atoms with Crippen LogP contribution in [0.15, 0.2) is 23.1 Å². The zero-order valence-electron chi connectivity index (χ0n) is 16.3. The van der Waals surface area contributed by atoms with E-state index in [1.165, 1.54) is 11.4 Å². The first kappa shape index (κ1) is 20.7. The van der Waals surface area contributed by atoms with E-state index in [2.05, 4.69) is 26.1 Å². The van der Waals surface area contributed by atoms with Crippen LogP contribution in [-0.2, 0) is 14.8 Å². The molecule has 1 unspecified atom stereocenters. The van der Waals surface area contributed by atoms with Crippen LogP contribution in [0.2, 0.25) is 0 Å². The third-order valence-corrected chi connectivity index (χ3v) is 6.37. The quantitative estimate of drug-likeness (QED) is 0.849. The molecule has 0 aliphatic carbocycles. The molecule has 1 saturated heterocycles. The van der Waals surface area contributed by atoms with Gasteiger partial charge in [-0.3, -0.25) is 4.79 Å². The van der Waals surface area contributed by atoms with E-state index >= 15 is 0 Å². The first-order valence-electron chi connectivity index (χ1n) is 8.97. The molecule has 1 aromatic carbocycles. The second-order valence-corrected chi connectivity index (χ2v) is 10.0.